The SMILES string of the molecule is CC(C)(C)OC(=O)NC1CC(NC2CCCc3sc(Br)cc32)C1. The normalized spacial score (nSPS) is 27.0. The summed E-state index contributed by atoms with van der Waals surface area (Å²) in [4.78, 5) is 13.3. The van der Waals surface area contributed by atoms with E-state index in [9.17, 15) is 4.79 Å². The van der Waals surface area contributed by atoms with E-state index in [1.807, 2.05) is 32.1 Å². The first-order chi connectivity index (χ1) is 10.8. The summed E-state index contributed by atoms with van der Waals surface area (Å²) in [5.41, 5.74) is 1.03. The second kappa shape index (κ2) is 6.73. The number of carbonyl (C=O) groups is 1. The van der Waals surface area contributed by atoms with Gasteiger partial charge in [-0.2, -0.15) is 0 Å². The number of carbonyl (C=O) groups excluding carboxylic acids is 1. The molecule has 0 spiro atoms. The van der Waals surface area contributed by atoms with Gasteiger partial charge in [-0.05, 0) is 80.4 Å². The number of alkyl carbamates (subject to hydrolysis) is 1. The molecule has 3 rings (SSSR count). The molecule has 0 aliphatic heterocycles. The fourth-order valence-electron chi connectivity index (χ4n) is 3.33. The molecule has 6 heteroatoms. The molecule has 4 nitrogen and oxygen atoms in total. The number of halogens is 1. The van der Waals surface area contributed by atoms with Crippen LogP contribution in [0.1, 0.15) is 62.9 Å². The van der Waals surface area contributed by atoms with Crippen LogP contribution in [0.5, 0.6) is 0 Å². The summed E-state index contributed by atoms with van der Waals surface area (Å²) in [7, 11) is 0. The molecule has 2 aliphatic carbocycles. The zero-order chi connectivity index (χ0) is 16.6. The standard InChI is InChI=1S/C17H25BrN2O2S/c1-17(2,3)22-16(21)20-11-7-10(8-11)19-13-5-4-6-14-12(13)9-15(18)23-14/h9-11,13,19H,4-8H2,1-3H3,(H,20,21). The van der Waals surface area contributed by atoms with E-state index in [4.69, 9.17) is 4.74 Å². The van der Waals surface area contributed by atoms with Gasteiger partial charge in [0.15, 0.2) is 0 Å². The van der Waals surface area contributed by atoms with Gasteiger partial charge in [0.25, 0.3) is 0 Å². The number of hydrogen-bond acceptors (Lipinski definition) is 4. The maximum Gasteiger partial charge on any atom is 0.407 e. The molecule has 0 radical (unpaired) electrons. The fraction of sp³-hybridized carbons (Fsp3) is 0.706. The Bertz CT molecular complexity index is 576. The highest BCUT2D eigenvalue weighted by atomic mass is 79.9. The van der Waals surface area contributed by atoms with E-state index in [1.165, 1.54) is 33.5 Å². The Kier molecular flexibility index (Phi) is 5.04. The topological polar surface area (TPSA) is 50.4 Å². The van der Waals surface area contributed by atoms with Crippen molar-refractivity contribution in [1.29, 1.82) is 0 Å². The largest absolute Gasteiger partial charge is 0.444 e. The summed E-state index contributed by atoms with van der Waals surface area (Å²) in [6.45, 7) is 5.66. The summed E-state index contributed by atoms with van der Waals surface area (Å²) >= 11 is 5.47. The van der Waals surface area contributed by atoms with Crippen molar-refractivity contribution in [2.45, 2.75) is 76.6 Å². The van der Waals surface area contributed by atoms with Gasteiger partial charge in [0.05, 0.1) is 3.79 Å². The zero-order valence-electron chi connectivity index (χ0n) is 13.9. The van der Waals surface area contributed by atoms with Crippen LogP contribution >= 0.6 is 27.3 Å². The van der Waals surface area contributed by atoms with Gasteiger partial charge in [-0.1, -0.05) is 0 Å². The molecular weight excluding hydrogens is 376 g/mol. The third-order valence-corrected chi connectivity index (χ3v) is 6.09. The van der Waals surface area contributed by atoms with Crippen molar-refractivity contribution in [1.82, 2.24) is 10.6 Å². The first-order valence-electron chi connectivity index (χ1n) is 8.34. The van der Waals surface area contributed by atoms with Gasteiger partial charge in [-0.25, -0.2) is 4.79 Å². The molecule has 1 fully saturated rings. The van der Waals surface area contributed by atoms with Crippen LogP contribution in [0.25, 0.3) is 0 Å². The second-order valence-corrected chi connectivity index (χ2v) is 10.1. The van der Waals surface area contributed by atoms with Crippen molar-refractivity contribution in [2.24, 2.45) is 0 Å². The number of ether oxygens (including phenoxy) is 1. The molecule has 1 aromatic heterocycles. The van der Waals surface area contributed by atoms with E-state index >= 15 is 0 Å². The third-order valence-electron chi connectivity index (χ3n) is 4.38. The van der Waals surface area contributed by atoms with Gasteiger partial charge in [0.2, 0.25) is 0 Å². The minimum Gasteiger partial charge on any atom is -0.444 e. The number of fused-ring (bicyclic) bond motifs is 1. The molecule has 128 valence electrons. The molecule has 1 saturated carbocycles. The number of hydrogen-bond donors (Lipinski definition) is 2. The highest BCUT2D eigenvalue weighted by molar-refractivity contribution is 9.11. The van der Waals surface area contributed by atoms with Crippen LogP contribution in [-0.2, 0) is 11.2 Å². The summed E-state index contributed by atoms with van der Waals surface area (Å²) in [5, 5.41) is 6.73. The monoisotopic (exact) mass is 400 g/mol. The van der Waals surface area contributed by atoms with Crippen molar-refractivity contribution in [3.8, 4) is 0 Å². The maximum atomic E-state index is 11.8. The summed E-state index contributed by atoms with van der Waals surface area (Å²) in [5.74, 6) is 0. The molecule has 1 unspecified atom stereocenters. The van der Waals surface area contributed by atoms with Gasteiger partial charge in [0.1, 0.15) is 5.60 Å². The molecule has 2 N–H and O–H groups in total. The lowest BCUT2D eigenvalue weighted by Crippen LogP contribution is -2.53. The third kappa shape index (κ3) is 4.48. The second-order valence-electron chi connectivity index (χ2n) is 7.55. The van der Waals surface area contributed by atoms with Crippen molar-refractivity contribution in [2.75, 3.05) is 0 Å². The zero-order valence-corrected chi connectivity index (χ0v) is 16.4. The smallest absolute Gasteiger partial charge is 0.407 e. The van der Waals surface area contributed by atoms with Crippen LogP contribution in [0.2, 0.25) is 0 Å². The van der Waals surface area contributed by atoms with E-state index < -0.39 is 5.60 Å². The Balaban J connectivity index is 1.45. The highest BCUT2D eigenvalue weighted by Crippen LogP contribution is 2.39. The highest BCUT2D eigenvalue weighted by Gasteiger charge is 2.34. The lowest BCUT2D eigenvalue weighted by atomic mass is 9.84. The Morgan fingerprint density at radius 2 is 2.09 bits per heavy atom. The number of nitrogens with one attached hydrogen (secondary N) is 2. The maximum absolute atomic E-state index is 11.8. The minimum absolute atomic E-state index is 0.236. The van der Waals surface area contributed by atoms with E-state index in [1.54, 1.807) is 0 Å². The predicted octanol–water partition coefficient (Wildman–Crippen LogP) is 4.53. The number of aryl methyl sites for hydroxylation is 1. The molecule has 1 aromatic rings. The number of rotatable bonds is 3. The van der Waals surface area contributed by atoms with Crippen molar-refractivity contribution in [3.63, 3.8) is 0 Å². The summed E-state index contributed by atoms with van der Waals surface area (Å²) < 4.78 is 6.54. The van der Waals surface area contributed by atoms with Crippen molar-refractivity contribution >= 4 is 33.4 Å². The molecule has 1 atom stereocenters. The quantitative estimate of drug-likeness (QED) is 0.782. The lowest BCUT2D eigenvalue weighted by Gasteiger charge is -2.39. The molecule has 0 bridgehead atoms. The predicted molar refractivity (Wildman–Crippen MR) is 97.0 cm³/mol. The van der Waals surface area contributed by atoms with Crippen LogP contribution in [0.4, 0.5) is 4.79 Å². The van der Waals surface area contributed by atoms with Gasteiger partial charge in [-0.3, -0.25) is 0 Å². The Hall–Kier alpha value is -0.590. The van der Waals surface area contributed by atoms with Gasteiger partial charge in [-0.15, -0.1) is 11.3 Å². The van der Waals surface area contributed by atoms with E-state index in [0.29, 0.717) is 12.1 Å². The Morgan fingerprint density at radius 3 is 2.78 bits per heavy atom. The molecule has 0 saturated heterocycles. The number of thiophene rings is 1. The van der Waals surface area contributed by atoms with Gasteiger partial charge in [0, 0.05) is 23.0 Å². The van der Waals surface area contributed by atoms with Crippen LogP contribution in [0.15, 0.2) is 9.85 Å². The average molecular weight is 401 g/mol. The van der Waals surface area contributed by atoms with Crippen LogP contribution < -0.4 is 10.6 Å². The van der Waals surface area contributed by atoms with Gasteiger partial charge < -0.3 is 15.4 Å². The van der Waals surface area contributed by atoms with E-state index in [-0.39, 0.29) is 12.1 Å². The molecule has 2 aliphatic rings. The van der Waals surface area contributed by atoms with Crippen LogP contribution in [-0.4, -0.2) is 23.8 Å². The summed E-state index contributed by atoms with van der Waals surface area (Å²) in [6.07, 6.45) is 5.33. The lowest BCUT2D eigenvalue weighted by molar-refractivity contribution is 0.0462. The summed E-state index contributed by atoms with van der Waals surface area (Å²) in [6, 6.07) is 3.46. The number of amides is 1. The molecule has 0 aromatic carbocycles. The molecule has 1 amide bonds. The van der Waals surface area contributed by atoms with Crippen molar-refractivity contribution < 1.29 is 9.53 Å². The fourth-order valence-corrected chi connectivity index (χ4v) is 5.14. The first kappa shape index (κ1) is 17.2. The minimum atomic E-state index is -0.434. The Labute approximate surface area is 150 Å². The average Bonchev–Trinajstić information content (AvgIpc) is 2.75. The first-order valence-corrected chi connectivity index (χ1v) is 9.95. The van der Waals surface area contributed by atoms with E-state index in [2.05, 4.69) is 32.6 Å². The molecule has 23 heavy (non-hydrogen) atoms. The molecule has 1 heterocycles. The van der Waals surface area contributed by atoms with E-state index in [0.717, 1.165) is 12.8 Å². The Morgan fingerprint density at radius 1 is 1.35 bits per heavy atom. The van der Waals surface area contributed by atoms with Crippen molar-refractivity contribution in [3.05, 3.63) is 20.3 Å². The van der Waals surface area contributed by atoms with Crippen LogP contribution in [0, 0.1) is 0 Å². The molecular formula is C17H25BrN2O2S. The van der Waals surface area contributed by atoms with Gasteiger partial charge >= 0.3 is 6.09 Å². The van der Waals surface area contributed by atoms with Crippen LogP contribution in [0.3, 0.4) is 0 Å².